The van der Waals surface area contributed by atoms with E-state index < -0.39 is 23.9 Å². The van der Waals surface area contributed by atoms with Crippen molar-refractivity contribution in [3.05, 3.63) is 94.1 Å². The first-order chi connectivity index (χ1) is 25.3. The van der Waals surface area contributed by atoms with Gasteiger partial charge in [-0.15, -0.1) is 0 Å². The molecule has 0 saturated heterocycles. The number of carboxylic acids is 2. The largest absolute Gasteiger partial charge is 0.478 e. The van der Waals surface area contributed by atoms with Crippen molar-refractivity contribution in [2.24, 2.45) is 44.3 Å². The monoisotopic (exact) mass is 736 g/mol. The van der Waals surface area contributed by atoms with Gasteiger partial charge in [0.1, 0.15) is 6.10 Å². The van der Waals surface area contributed by atoms with E-state index in [1.165, 1.54) is 35.4 Å². The van der Waals surface area contributed by atoms with Crippen LogP contribution in [0.3, 0.4) is 0 Å². The summed E-state index contributed by atoms with van der Waals surface area (Å²) in [6, 6.07) is 12.5. The van der Waals surface area contributed by atoms with E-state index >= 15 is 0 Å². The standard InChI is InChI=1S/C46H56O8/c1-41(2)34-18-21-46(7)35(44(34,5)20-19-36(41)54-40(52)31-15-11-9-13-29(31)38(49)50)17-16-32-33-26-42(3,22-23-43(33,4)24-25-45(32,46)6)27-53-39(51)30-14-10-8-12-28(30)37(47)48/h8-17,33-34,36H,18-27H2,1-7H3,(H,47,48)(H,49,50)/t33?,34?,36-,42-,43+,44-,45+,46+/m0/s1. The summed E-state index contributed by atoms with van der Waals surface area (Å²) in [5, 5.41) is 19.3. The first kappa shape index (κ1) is 38.1. The third-order valence-corrected chi connectivity index (χ3v) is 15.8. The zero-order chi connectivity index (χ0) is 39.1. The van der Waals surface area contributed by atoms with Gasteiger partial charge in [-0.3, -0.25) is 0 Å². The molecule has 54 heavy (non-hydrogen) atoms. The van der Waals surface area contributed by atoms with Gasteiger partial charge in [0.15, 0.2) is 0 Å². The Morgan fingerprint density at radius 1 is 0.667 bits per heavy atom. The van der Waals surface area contributed by atoms with Crippen LogP contribution in [0.4, 0.5) is 0 Å². The molecule has 0 spiro atoms. The number of carboxylic acid groups (broad SMARTS) is 2. The predicted molar refractivity (Wildman–Crippen MR) is 205 cm³/mol. The number of allylic oxidation sites excluding steroid dienone is 4. The third kappa shape index (κ3) is 5.76. The number of rotatable bonds is 7. The lowest BCUT2D eigenvalue weighted by Gasteiger charge is -2.68. The molecule has 4 fully saturated rings. The predicted octanol–water partition coefficient (Wildman–Crippen LogP) is 10.2. The number of ether oxygens (including phenoxy) is 2. The van der Waals surface area contributed by atoms with Gasteiger partial charge in [0.25, 0.3) is 0 Å². The van der Waals surface area contributed by atoms with Gasteiger partial charge in [0.2, 0.25) is 0 Å². The summed E-state index contributed by atoms with van der Waals surface area (Å²) in [4.78, 5) is 50.3. The van der Waals surface area contributed by atoms with Crippen LogP contribution in [-0.4, -0.2) is 46.8 Å². The van der Waals surface area contributed by atoms with E-state index in [9.17, 15) is 29.4 Å². The van der Waals surface area contributed by atoms with Gasteiger partial charge >= 0.3 is 23.9 Å². The zero-order valence-corrected chi connectivity index (χ0v) is 32.9. The summed E-state index contributed by atoms with van der Waals surface area (Å²) in [7, 11) is 0. The van der Waals surface area contributed by atoms with Crippen LogP contribution >= 0.6 is 0 Å². The Kier molecular flexibility index (Phi) is 9.13. The second kappa shape index (κ2) is 12.9. The summed E-state index contributed by atoms with van der Waals surface area (Å²) < 4.78 is 12.1. The highest BCUT2D eigenvalue weighted by Gasteiger charge is 2.66. The number of carbonyl (C=O) groups excluding carboxylic acids is 2. The zero-order valence-electron chi connectivity index (χ0n) is 32.9. The summed E-state index contributed by atoms with van der Waals surface area (Å²) in [6.45, 7) is 16.8. The van der Waals surface area contributed by atoms with E-state index in [1.807, 2.05) is 0 Å². The molecule has 2 aromatic rings. The van der Waals surface area contributed by atoms with Gasteiger partial charge < -0.3 is 19.7 Å². The quantitative estimate of drug-likeness (QED) is 0.269. The van der Waals surface area contributed by atoms with Crippen molar-refractivity contribution in [3.8, 4) is 0 Å². The van der Waals surface area contributed by atoms with Gasteiger partial charge in [0, 0.05) is 10.8 Å². The van der Waals surface area contributed by atoms with E-state index in [1.54, 1.807) is 24.3 Å². The molecule has 5 aliphatic carbocycles. The molecule has 0 heterocycles. The van der Waals surface area contributed by atoms with Crippen LogP contribution in [0.1, 0.15) is 148 Å². The Balaban J connectivity index is 1.14. The Bertz CT molecular complexity index is 1970. The number of esters is 2. The summed E-state index contributed by atoms with van der Waals surface area (Å²) in [5.41, 5.74) is 2.53. The van der Waals surface area contributed by atoms with Crippen LogP contribution in [0.25, 0.3) is 0 Å². The molecule has 0 aliphatic heterocycles. The Hall–Kier alpha value is -4.20. The number of fused-ring (bicyclic) bond motifs is 7. The fraction of sp³-hybridized carbons (Fsp3) is 0.565. The van der Waals surface area contributed by atoms with Crippen LogP contribution in [0, 0.1) is 44.3 Å². The lowest BCUT2D eigenvalue weighted by atomic mass is 9.36. The van der Waals surface area contributed by atoms with Crippen molar-refractivity contribution in [1.82, 2.24) is 0 Å². The van der Waals surface area contributed by atoms with E-state index in [4.69, 9.17) is 9.47 Å². The van der Waals surface area contributed by atoms with Crippen molar-refractivity contribution in [2.45, 2.75) is 112 Å². The number of hydrogen-bond donors (Lipinski definition) is 2. The van der Waals surface area contributed by atoms with Crippen LogP contribution in [0.2, 0.25) is 0 Å². The highest BCUT2D eigenvalue weighted by molar-refractivity contribution is 6.03. The van der Waals surface area contributed by atoms with E-state index in [0.29, 0.717) is 12.3 Å². The summed E-state index contributed by atoms with van der Waals surface area (Å²) >= 11 is 0. The minimum Gasteiger partial charge on any atom is -0.478 e. The van der Waals surface area contributed by atoms with Gasteiger partial charge in [0.05, 0.1) is 28.9 Å². The fourth-order valence-electron chi connectivity index (χ4n) is 12.2. The molecule has 8 atom stereocenters. The first-order valence-electron chi connectivity index (χ1n) is 19.8. The molecule has 0 radical (unpaired) electrons. The molecule has 2 aromatic carbocycles. The van der Waals surface area contributed by atoms with Crippen molar-refractivity contribution < 1.29 is 38.9 Å². The van der Waals surface area contributed by atoms with Crippen LogP contribution in [0.15, 0.2) is 71.8 Å². The number of hydrogen-bond acceptors (Lipinski definition) is 6. The third-order valence-electron chi connectivity index (χ3n) is 15.8. The van der Waals surface area contributed by atoms with Gasteiger partial charge in [-0.25, -0.2) is 19.2 Å². The van der Waals surface area contributed by atoms with Crippen LogP contribution < -0.4 is 0 Å². The lowest BCUT2D eigenvalue weighted by molar-refractivity contribution is -0.129. The van der Waals surface area contributed by atoms with Crippen LogP contribution in [-0.2, 0) is 9.47 Å². The average Bonchev–Trinajstić information content (AvgIpc) is 3.13. The molecule has 2 unspecified atom stereocenters. The SMILES string of the molecule is CC1(C)C2CC[C@]3(C)C(=CC=C4C5C[C@@](C)(COC(=O)c6ccccc6C(=O)O)CC[C@]5(C)CC[C@]43C)[C@@]2(C)CC[C@@H]1OC(=O)c1ccccc1C(=O)O. The lowest BCUT2D eigenvalue weighted by Crippen LogP contribution is -2.61. The summed E-state index contributed by atoms with van der Waals surface area (Å²) in [5.74, 6) is -2.83. The van der Waals surface area contributed by atoms with Gasteiger partial charge in [-0.1, -0.05) is 96.0 Å². The molecule has 8 nitrogen and oxygen atoms in total. The molecule has 4 saturated carbocycles. The Morgan fingerprint density at radius 3 is 1.85 bits per heavy atom. The summed E-state index contributed by atoms with van der Waals surface area (Å²) in [6.07, 6.45) is 13.3. The minimum absolute atomic E-state index is 0.0398. The average molecular weight is 737 g/mol. The topological polar surface area (TPSA) is 127 Å². The highest BCUT2D eigenvalue weighted by atomic mass is 16.5. The number of benzene rings is 2. The Morgan fingerprint density at radius 2 is 1.24 bits per heavy atom. The number of aromatic carboxylic acids is 2. The maximum Gasteiger partial charge on any atom is 0.339 e. The number of carbonyl (C=O) groups is 4. The molecular formula is C46H56O8. The first-order valence-corrected chi connectivity index (χ1v) is 19.8. The van der Waals surface area contributed by atoms with Crippen molar-refractivity contribution in [3.63, 3.8) is 0 Å². The molecule has 8 heteroatoms. The molecule has 2 N–H and O–H groups in total. The fourth-order valence-corrected chi connectivity index (χ4v) is 12.2. The maximum absolute atomic E-state index is 13.5. The molecule has 7 rings (SSSR count). The van der Waals surface area contributed by atoms with Gasteiger partial charge in [-0.05, 0) is 116 Å². The molecule has 0 bridgehead atoms. The Labute approximate surface area is 319 Å². The molecule has 0 amide bonds. The molecule has 5 aliphatic rings. The van der Waals surface area contributed by atoms with Crippen molar-refractivity contribution >= 4 is 23.9 Å². The van der Waals surface area contributed by atoms with Crippen molar-refractivity contribution in [1.29, 1.82) is 0 Å². The van der Waals surface area contributed by atoms with E-state index in [-0.39, 0.29) is 73.4 Å². The minimum atomic E-state index is -1.14. The second-order valence-corrected chi connectivity index (χ2v) is 19.1. The normalized spacial score (nSPS) is 36.5. The van der Waals surface area contributed by atoms with Crippen LogP contribution in [0.5, 0.6) is 0 Å². The van der Waals surface area contributed by atoms with Crippen molar-refractivity contribution in [2.75, 3.05) is 6.61 Å². The highest BCUT2D eigenvalue weighted by Crippen LogP contribution is 2.74. The van der Waals surface area contributed by atoms with E-state index in [0.717, 1.165) is 51.4 Å². The van der Waals surface area contributed by atoms with E-state index in [2.05, 4.69) is 60.6 Å². The second-order valence-electron chi connectivity index (χ2n) is 19.1. The molecule has 0 aromatic heterocycles. The van der Waals surface area contributed by atoms with Gasteiger partial charge in [-0.2, -0.15) is 0 Å². The molecule has 288 valence electrons. The molecular weight excluding hydrogens is 680 g/mol. The smallest absolute Gasteiger partial charge is 0.339 e. The maximum atomic E-state index is 13.5.